The lowest BCUT2D eigenvalue weighted by Gasteiger charge is -2.01. The van der Waals surface area contributed by atoms with Crippen molar-refractivity contribution in [2.75, 3.05) is 0 Å². The highest BCUT2D eigenvalue weighted by Crippen LogP contribution is 2.41. The number of primary amides is 1. The number of fused-ring (bicyclic) bond motifs is 3. The van der Waals surface area contributed by atoms with Gasteiger partial charge in [0.15, 0.2) is 0 Å². The van der Waals surface area contributed by atoms with Crippen molar-refractivity contribution in [2.24, 2.45) is 5.73 Å². The molecule has 0 saturated heterocycles. The lowest BCUT2D eigenvalue weighted by Crippen LogP contribution is -2.11. The summed E-state index contributed by atoms with van der Waals surface area (Å²) in [5.41, 5.74) is 11.4. The minimum Gasteiger partial charge on any atom is -0.366 e. The van der Waals surface area contributed by atoms with Gasteiger partial charge in [-0.05, 0) is 29.1 Å². The van der Waals surface area contributed by atoms with Crippen molar-refractivity contribution in [3.05, 3.63) is 52.4 Å². The van der Waals surface area contributed by atoms with Gasteiger partial charge in [-0.15, -0.1) is 11.3 Å². The Labute approximate surface area is 119 Å². The Bertz CT molecular complexity index is 818. The Kier molecular flexibility index (Phi) is 2.31. The topological polar surface area (TPSA) is 71.8 Å². The molecule has 98 valence electrons. The zero-order chi connectivity index (χ0) is 13.7. The van der Waals surface area contributed by atoms with Crippen LogP contribution in [0.15, 0.2) is 35.7 Å². The molecule has 0 aliphatic heterocycles. The van der Waals surface area contributed by atoms with E-state index in [4.69, 9.17) is 5.73 Å². The molecule has 1 amide bonds. The number of hydrogen-bond acceptors (Lipinski definition) is 3. The van der Waals surface area contributed by atoms with Crippen molar-refractivity contribution in [1.82, 2.24) is 10.2 Å². The molecule has 4 nitrogen and oxygen atoms in total. The summed E-state index contributed by atoms with van der Waals surface area (Å²) in [6.45, 7) is 0. The molecule has 0 atom stereocenters. The number of nitrogens with zero attached hydrogens (tertiary/aromatic N) is 1. The average Bonchev–Trinajstić information content (AvgIpc) is 3.13. The highest BCUT2D eigenvalue weighted by molar-refractivity contribution is 7.13. The van der Waals surface area contributed by atoms with Crippen LogP contribution in [0.2, 0.25) is 0 Å². The SMILES string of the molecule is NC(=O)c1ccc2c(c1)Cc1c-2n[nH]c1-c1cccs1. The predicted molar refractivity (Wildman–Crippen MR) is 78.7 cm³/mol. The number of nitrogens with one attached hydrogen (secondary N) is 1. The molecule has 3 N–H and O–H groups in total. The fraction of sp³-hybridized carbons (Fsp3) is 0.0667. The van der Waals surface area contributed by atoms with E-state index >= 15 is 0 Å². The minimum absolute atomic E-state index is 0.391. The van der Waals surface area contributed by atoms with Gasteiger partial charge in [-0.1, -0.05) is 12.1 Å². The van der Waals surface area contributed by atoms with Gasteiger partial charge in [0.05, 0.1) is 16.3 Å². The molecule has 1 aromatic carbocycles. The molecule has 1 aliphatic rings. The van der Waals surface area contributed by atoms with Gasteiger partial charge >= 0.3 is 0 Å². The van der Waals surface area contributed by atoms with E-state index in [0.717, 1.165) is 28.9 Å². The second-order valence-corrected chi connectivity index (χ2v) is 5.76. The first-order valence-corrected chi connectivity index (χ1v) is 7.16. The molecule has 4 rings (SSSR count). The van der Waals surface area contributed by atoms with Crippen LogP contribution < -0.4 is 5.73 Å². The summed E-state index contributed by atoms with van der Waals surface area (Å²) in [6, 6.07) is 9.67. The maximum absolute atomic E-state index is 11.3. The van der Waals surface area contributed by atoms with Gasteiger partial charge < -0.3 is 5.73 Å². The first-order valence-electron chi connectivity index (χ1n) is 6.28. The summed E-state index contributed by atoms with van der Waals surface area (Å²) in [5.74, 6) is -0.391. The fourth-order valence-corrected chi connectivity index (χ4v) is 3.45. The molecule has 3 aromatic rings. The molecule has 0 saturated carbocycles. The Balaban J connectivity index is 1.84. The lowest BCUT2D eigenvalue weighted by atomic mass is 10.1. The van der Waals surface area contributed by atoms with E-state index in [2.05, 4.69) is 21.6 Å². The molecule has 2 heterocycles. The predicted octanol–water partition coefficient (Wildman–Crippen LogP) is 2.81. The Morgan fingerprint density at radius 2 is 2.25 bits per heavy atom. The van der Waals surface area contributed by atoms with Crippen LogP contribution in [0.5, 0.6) is 0 Å². The summed E-state index contributed by atoms with van der Waals surface area (Å²) in [4.78, 5) is 12.4. The van der Waals surface area contributed by atoms with Crippen LogP contribution in [-0.2, 0) is 6.42 Å². The largest absolute Gasteiger partial charge is 0.366 e. The number of aromatic nitrogens is 2. The van der Waals surface area contributed by atoms with Gasteiger partial charge in [0.2, 0.25) is 5.91 Å². The van der Waals surface area contributed by atoms with Gasteiger partial charge in [-0.2, -0.15) is 5.10 Å². The molecule has 0 fully saturated rings. The smallest absolute Gasteiger partial charge is 0.248 e. The van der Waals surface area contributed by atoms with Crippen LogP contribution in [0.4, 0.5) is 0 Å². The molecule has 0 spiro atoms. The van der Waals surface area contributed by atoms with Gasteiger partial charge in [-0.3, -0.25) is 9.89 Å². The van der Waals surface area contributed by atoms with E-state index in [-0.39, 0.29) is 0 Å². The monoisotopic (exact) mass is 281 g/mol. The molecule has 0 radical (unpaired) electrons. The Morgan fingerprint density at radius 1 is 1.35 bits per heavy atom. The van der Waals surface area contributed by atoms with Gasteiger partial charge in [0, 0.05) is 23.1 Å². The number of H-pyrrole nitrogens is 1. The summed E-state index contributed by atoms with van der Waals surface area (Å²) >= 11 is 1.69. The van der Waals surface area contributed by atoms with Crippen LogP contribution in [0.25, 0.3) is 21.8 Å². The van der Waals surface area contributed by atoms with Gasteiger partial charge in [-0.25, -0.2) is 0 Å². The number of hydrogen-bond donors (Lipinski definition) is 2. The van der Waals surface area contributed by atoms with Crippen molar-refractivity contribution in [3.63, 3.8) is 0 Å². The summed E-state index contributed by atoms with van der Waals surface area (Å²) in [6.07, 6.45) is 0.787. The first kappa shape index (κ1) is 11.4. The number of benzene rings is 1. The third-order valence-corrected chi connectivity index (χ3v) is 4.53. The number of amides is 1. The second-order valence-electron chi connectivity index (χ2n) is 4.82. The quantitative estimate of drug-likeness (QED) is 0.593. The Hall–Kier alpha value is -2.40. The molecule has 2 aromatic heterocycles. The lowest BCUT2D eigenvalue weighted by molar-refractivity contribution is 0.1000. The van der Waals surface area contributed by atoms with E-state index in [0.29, 0.717) is 5.56 Å². The number of aromatic amines is 1. The molecule has 1 aliphatic carbocycles. The third kappa shape index (κ3) is 1.53. The highest BCUT2D eigenvalue weighted by Gasteiger charge is 2.26. The zero-order valence-electron chi connectivity index (χ0n) is 10.5. The number of nitrogens with two attached hydrogens (primary N) is 1. The first-order chi connectivity index (χ1) is 9.74. The normalized spacial score (nSPS) is 12.2. The van der Waals surface area contributed by atoms with E-state index in [9.17, 15) is 4.79 Å². The Morgan fingerprint density at radius 3 is 3.00 bits per heavy atom. The van der Waals surface area contributed by atoms with Gasteiger partial charge in [0.25, 0.3) is 0 Å². The van der Waals surface area contributed by atoms with Crippen LogP contribution in [0, 0.1) is 0 Å². The number of carbonyl (C=O) groups excluding carboxylic acids is 1. The molecule has 20 heavy (non-hydrogen) atoms. The summed E-state index contributed by atoms with van der Waals surface area (Å²) < 4.78 is 0. The average molecular weight is 281 g/mol. The standard InChI is InChI=1S/C15H11N3OS/c16-15(19)8-3-4-10-9(6-8)7-11-13(10)17-18-14(11)12-2-1-5-20-12/h1-6H,7H2,(H2,16,19)(H,17,18). The van der Waals surface area contributed by atoms with Crippen LogP contribution in [0.1, 0.15) is 21.5 Å². The molecular formula is C15H11N3OS. The maximum Gasteiger partial charge on any atom is 0.248 e. The zero-order valence-corrected chi connectivity index (χ0v) is 11.3. The van der Waals surface area contributed by atoms with Crippen molar-refractivity contribution in [1.29, 1.82) is 0 Å². The van der Waals surface area contributed by atoms with Crippen LogP contribution in [0.3, 0.4) is 0 Å². The van der Waals surface area contributed by atoms with Crippen molar-refractivity contribution in [2.45, 2.75) is 6.42 Å². The maximum atomic E-state index is 11.3. The molecule has 5 heteroatoms. The third-order valence-electron chi connectivity index (χ3n) is 3.65. The molecule has 0 unspecified atom stereocenters. The molecule has 0 bridgehead atoms. The summed E-state index contributed by atoms with van der Waals surface area (Å²) in [7, 11) is 0. The number of carbonyl (C=O) groups is 1. The minimum atomic E-state index is -0.391. The second kappa shape index (κ2) is 4.05. The van der Waals surface area contributed by atoms with E-state index in [1.165, 1.54) is 10.4 Å². The van der Waals surface area contributed by atoms with Gasteiger partial charge in [0.1, 0.15) is 0 Å². The van der Waals surface area contributed by atoms with E-state index in [1.807, 2.05) is 18.2 Å². The highest BCUT2D eigenvalue weighted by atomic mass is 32.1. The molecular weight excluding hydrogens is 270 g/mol. The van der Waals surface area contributed by atoms with Crippen molar-refractivity contribution >= 4 is 17.2 Å². The van der Waals surface area contributed by atoms with E-state index in [1.54, 1.807) is 17.4 Å². The van der Waals surface area contributed by atoms with Crippen molar-refractivity contribution < 1.29 is 4.79 Å². The fourth-order valence-electron chi connectivity index (χ4n) is 2.70. The van der Waals surface area contributed by atoms with E-state index < -0.39 is 5.91 Å². The van der Waals surface area contributed by atoms with Crippen molar-refractivity contribution in [3.8, 4) is 21.8 Å². The van der Waals surface area contributed by atoms with Crippen LogP contribution >= 0.6 is 11.3 Å². The number of rotatable bonds is 2. The van der Waals surface area contributed by atoms with Crippen LogP contribution in [-0.4, -0.2) is 16.1 Å². The number of thiophene rings is 1. The summed E-state index contributed by atoms with van der Waals surface area (Å²) in [5, 5.41) is 9.61.